The largest absolute Gasteiger partial charge is 0.415 e. The van der Waals surface area contributed by atoms with E-state index in [0.29, 0.717) is 11.4 Å². The lowest BCUT2D eigenvalue weighted by Crippen LogP contribution is -2.08. The Kier molecular flexibility index (Phi) is 12.8. The fourth-order valence-electron chi connectivity index (χ4n) is 14.1. The van der Waals surface area contributed by atoms with Crippen LogP contribution in [0.4, 0.5) is 24.5 Å². The van der Waals surface area contributed by atoms with E-state index < -0.39 is 11.7 Å². The number of benzene rings is 10. The van der Waals surface area contributed by atoms with Crippen LogP contribution in [0, 0.1) is 96.2 Å². The molecule has 2 aromatic heterocycles. The summed E-state index contributed by atoms with van der Waals surface area (Å²) in [7, 11) is 0. The highest BCUT2D eigenvalue weighted by atomic mass is 19.4. The summed E-state index contributed by atoms with van der Waals surface area (Å²) in [6, 6.07) is 51.2. The Labute approximate surface area is 478 Å². The number of aromatic nitrogens is 2. The van der Waals surface area contributed by atoms with E-state index in [2.05, 4.69) is 223 Å². The van der Waals surface area contributed by atoms with Crippen LogP contribution in [0.25, 0.3) is 120 Å². The van der Waals surface area contributed by atoms with Crippen molar-refractivity contribution >= 4 is 55.0 Å². The Morgan fingerprint density at radius 2 is 0.622 bits per heavy atom. The smallest absolute Gasteiger partial charge is 0.308 e. The summed E-state index contributed by atoms with van der Waals surface area (Å²) >= 11 is 0. The summed E-state index contributed by atoms with van der Waals surface area (Å²) in [5, 5.41) is 3.88. The first-order valence-corrected chi connectivity index (χ1v) is 27.8. The van der Waals surface area contributed by atoms with Gasteiger partial charge in [0.2, 0.25) is 0 Å². The van der Waals surface area contributed by atoms with E-state index in [9.17, 15) is 0 Å². The third-order valence-corrected chi connectivity index (χ3v) is 16.8. The molecule has 0 N–H and O–H groups in total. The van der Waals surface area contributed by atoms with E-state index in [0.717, 1.165) is 116 Å². The van der Waals surface area contributed by atoms with Crippen LogP contribution in [0.15, 0.2) is 152 Å². The molecule has 10 aromatic carbocycles. The first kappa shape index (κ1) is 53.2. The van der Waals surface area contributed by atoms with Crippen molar-refractivity contribution in [2.24, 2.45) is 0 Å². The zero-order chi connectivity index (χ0) is 58.0. The van der Waals surface area contributed by atoms with Crippen molar-refractivity contribution < 1.29 is 13.2 Å². The molecule has 4 nitrogen and oxygen atoms in total. The van der Waals surface area contributed by atoms with Crippen molar-refractivity contribution in [3.63, 3.8) is 0 Å². The highest BCUT2D eigenvalue weighted by Crippen LogP contribution is 2.50. The van der Waals surface area contributed by atoms with Gasteiger partial charge in [0.05, 0.1) is 52.1 Å². The van der Waals surface area contributed by atoms with Gasteiger partial charge in [-0.15, -0.1) is 0 Å². The number of fused-ring (bicyclic) bond motifs is 6. The van der Waals surface area contributed by atoms with Gasteiger partial charge in [0.1, 0.15) is 0 Å². The fourth-order valence-corrected chi connectivity index (χ4v) is 14.1. The third-order valence-electron chi connectivity index (χ3n) is 16.8. The molecule has 0 fully saturated rings. The van der Waals surface area contributed by atoms with E-state index in [4.69, 9.17) is 13.1 Å². The second-order valence-electron chi connectivity index (χ2n) is 23.0. The number of nitrogens with zero attached hydrogens (tertiary/aromatic N) is 4. The van der Waals surface area contributed by atoms with Crippen LogP contribution in [-0.2, 0) is 6.18 Å². The first-order chi connectivity index (χ1) is 39.1. The Bertz CT molecular complexity index is 4510. The number of hydrogen-bond acceptors (Lipinski definition) is 0. The molecule has 0 saturated carbocycles. The minimum atomic E-state index is -4.84. The van der Waals surface area contributed by atoms with Gasteiger partial charge in [0, 0.05) is 21.5 Å². The molecule has 0 aliphatic rings. The number of rotatable bonds is 7. The standard InChI is InChI=1S/C75H61F3N4/c1-40-26-44(5)70(45(6)27-40)52-18-22-64-56(34-52)57-35-53(71-46(7)28-41(2)29-47(71)8)19-23-65(57)81(64)68-38-60(74-61(75(76,77)78)16-15-17-62(74)79-13)63(80-14)39-69(68)82-66-24-20-54(72-48(9)30-42(3)31-49(72)10)36-58(66)59-37-55(21-25-67(59)82)73-50(11)32-43(4)33-51(73)12/h15-39H,1-12H3. The van der Waals surface area contributed by atoms with Crippen LogP contribution in [0.3, 0.4) is 0 Å². The SMILES string of the molecule is [C-]#[N+]c1cc(-n2c3ccc(-c4c(C)cc(C)cc4C)cc3c3cc(-c4c(C)cc(C)cc4C)ccc32)c(-n2c3ccc(-c4c(C)cc(C)cc4C)cc3c3cc(-c4c(C)cc(C)cc4C)ccc32)cc1-c1c([N+]#[C-])cccc1C(F)(F)F. The maximum atomic E-state index is 15.5. The van der Waals surface area contributed by atoms with Crippen molar-refractivity contribution in [2.75, 3.05) is 0 Å². The summed E-state index contributed by atoms with van der Waals surface area (Å²) in [6.45, 7) is 42.8. The summed E-state index contributed by atoms with van der Waals surface area (Å²) in [4.78, 5) is 7.77. The van der Waals surface area contributed by atoms with E-state index in [-0.39, 0.29) is 22.5 Å². The quantitative estimate of drug-likeness (QED) is 0.142. The van der Waals surface area contributed by atoms with Gasteiger partial charge in [0.15, 0.2) is 11.4 Å². The predicted molar refractivity (Wildman–Crippen MR) is 337 cm³/mol. The lowest BCUT2D eigenvalue weighted by molar-refractivity contribution is -0.137. The van der Waals surface area contributed by atoms with Gasteiger partial charge in [0.25, 0.3) is 0 Å². The Hall–Kier alpha value is -9.43. The number of halogens is 3. The van der Waals surface area contributed by atoms with E-state index >= 15 is 13.2 Å². The maximum Gasteiger partial charge on any atom is 0.415 e. The van der Waals surface area contributed by atoms with Gasteiger partial charge < -0.3 is 9.13 Å². The lowest BCUT2D eigenvalue weighted by atomic mass is 9.91. The monoisotopic (exact) mass is 1070 g/mol. The zero-order valence-electron chi connectivity index (χ0n) is 48.4. The van der Waals surface area contributed by atoms with Crippen LogP contribution in [0.2, 0.25) is 0 Å². The normalized spacial score (nSPS) is 11.8. The van der Waals surface area contributed by atoms with Crippen LogP contribution >= 0.6 is 0 Å². The van der Waals surface area contributed by atoms with Gasteiger partial charge >= 0.3 is 6.18 Å². The van der Waals surface area contributed by atoms with Crippen LogP contribution < -0.4 is 0 Å². The molecule has 0 saturated heterocycles. The minimum Gasteiger partial charge on any atom is -0.308 e. The fraction of sp³-hybridized carbons (Fsp3) is 0.173. The average molecular weight is 1080 g/mol. The molecule has 12 aromatic rings. The average Bonchev–Trinajstić information content (AvgIpc) is 3.56. The van der Waals surface area contributed by atoms with Crippen LogP contribution in [-0.4, -0.2) is 9.13 Å². The summed E-state index contributed by atoms with van der Waals surface area (Å²) < 4.78 is 50.9. The Morgan fingerprint density at radius 3 is 0.902 bits per heavy atom. The zero-order valence-corrected chi connectivity index (χ0v) is 48.4. The van der Waals surface area contributed by atoms with Crippen molar-refractivity contribution in [2.45, 2.75) is 89.3 Å². The molecule has 0 unspecified atom stereocenters. The molecule has 82 heavy (non-hydrogen) atoms. The topological polar surface area (TPSA) is 18.6 Å². The molecule has 2 heterocycles. The molecule has 0 radical (unpaired) electrons. The molecule has 0 amide bonds. The van der Waals surface area contributed by atoms with Gasteiger partial charge in [-0.25, -0.2) is 9.69 Å². The first-order valence-electron chi connectivity index (χ1n) is 27.8. The maximum absolute atomic E-state index is 15.5. The van der Waals surface area contributed by atoms with Crippen molar-refractivity contribution in [3.8, 4) is 67.0 Å². The summed E-state index contributed by atoms with van der Waals surface area (Å²) in [5.41, 5.74) is 25.9. The molecule has 12 rings (SSSR count). The van der Waals surface area contributed by atoms with Crippen molar-refractivity contribution in [1.29, 1.82) is 0 Å². The Morgan fingerprint density at radius 1 is 0.329 bits per heavy atom. The molecular formula is C75H61F3N4. The molecule has 0 aliphatic carbocycles. The van der Waals surface area contributed by atoms with Gasteiger partial charge in [-0.2, -0.15) is 13.2 Å². The second kappa shape index (κ2) is 19.7. The number of alkyl halides is 3. The number of hydrogen-bond donors (Lipinski definition) is 0. The Balaban J connectivity index is 1.26. The highest BCUT2D eigenvalue weighted by Gasteiger charge is 2.36. The van der Waals surface area contributed by atoms with Gasteiger partial charge in [-0.3, -0.25) is 0 Å². The summed E-state index contributed by atoms with van der Waals surface area (Å²) in [6.07, 6.45) is -4.84. The minimum absolute atomic E-state index is 0.0126. The highest BCUT2D eigenvalue weighted by molar-refractivity contribution is 6.15. The molecule has 0 aliphatic heterocycles. The molecule has 0 atom stereocenters. The molecule has 7 heteroatoms. The molecule has 402 valence electrons. The van der Waals surface area contributed by atoms with Crippen molar-refractivity contribution in [3.05, 3.63) is 247 Å². The van der Waals surface area contributed by atoms with Crippen molar-refractivity contribution in [1.82, 2.24) is 9.13 Å². The van der Waals surface area contributed by atoms with Gasteiger partial charge in [-0.1, -0.05) is 113 Å². The van der Waals surface area contributed by atoms with Crippen LogP contribution in [0.5, 0.6) is 0 Å². The second-order valence-corrected chi connectivity index (χ2v) is 23.0. The number of aryl methyl sites for hydroxylation is 12. The van der Waals surface area contributed by atoms with Crippen LogP contribution in [0.1, 0.15) is 72.3 Å². The predicted octanol–water partition coefficient (Wildman–Crippen LogP) is 22.0. The van der Waals surface area contributed by atoms with E-state index in [1.165, 1.54) is 56.6 Å². The lowest BCUT2D eigenvalue weighted by Gasteiger charge is -2.22. The summed E-state index contributed by atoms with van der Waals surface area (Å²) in [5.74, 6) is 0. The molecular weight excluding hydrogens is 1010 g/mol. The molecule has 0 spiro atoms. The van der Waals surface area contributed by atoms with E-state index in [1.807, 2.05) is 0 Å². The van der Waals surface area contributed by atoms with Gasteiger partial charge in [-0.05, 0) is 244 Å². The third kappa shape index (κ3) is 8.66. The molecule has 0 bridgehead atoms. The van der Waals surface area contributed by atoms with E-state index in [1.54, 1.807) is 12.1 Å².